The van der Waals surface area contributed by atoms with E-state index in [9.17, 15) is 0 Å². The molecule has 0 aromatic carbocycles. The van der Waals surface area contributed by atoms with Crippen molar-refractivity contribution in [1.29, 1.82) is 0 Å². The smallest absolute Gasteiger partial charge is 0.223 e. The van der Waals surface area contributed by atoms with E-state index in [-0.39, 0.29) is 0 Å². The van der Waals surface area contributed by atoms with Crippen LogP contribution >= 0.6 is 11.3 Å². The van der Waals surface area contributed by atoms with Crippen LogP contribution in [0.15, 0.2) is 18.2 Å². The molecule has 0 radical (unpaired) electrons. The molecule has 0 atom stereocenters. The first-order valence-corrected chi connectivity index (χ1v) is 3.46. The van der Waals surface area contributed by atoms with Crippen LogP contribution in [-0.4, -0.2) is 25.0 Å². The zero-order chi connectivity index (χ0) is 6.81. The fourth-order valence-electron chi connectivity index (χ4n) is 0.574. The van der Waals surface area contributed by atoms with Gasteiger partial charge in [-0.15, -0.1) is 10.2 Å². The Morgan fingerprint density at radius 2 is 2.50 bits per heavy atom. The fraction of sp³-hybridized carbons (Fsp3) is 0. The highest BCUT2D eigenvalue weighted by Gasteiger charge is 1.97. The Bertz CT molecular complexity index is 253. The summed E-state index contributed by atoms with van der Waals surface area (Å²) in [6.07, 6.45) is 3.04. The number of hydrogen-bond acceptors (Lipinski definition) is 5. The molecular weight excluding hydrogens is 150 g/mol. The van der Waals surface area contributed by atoms with Crippen molar-refractivity contribution in [1.82, 2.24) is 25.0 Å². The summed E-state index contributed by atoms with van der Waals surface area (Å²) >= 11 is 1.42. The summed E-state index contributed by atoms with van der Waals surface area (Å²) in [4.78, 5) is 3.77. The molecule has 2 aromatic rings. The Morgan fingerprint density at radius 3 is 3.10 bits per heavy atom. The molecule has 0 aliphatic carbocycles. The van der Waals surface area contributed by atoms with Crippen LogP contribution in [0.25, 0.3) is 5.13 Å². The minimum Gasteiger partial charge on any atom is -0.223 e. The number of nitrogens with zero attached hydrogens (tertiary/aromatic N) is 5. The largest absolute Gasteiger partial charge is 0.234 e. The van der Waals surface area contributed by atoms with Gasteiger partial charge in [0, 0.05) is 0 Å². The number of rotatable bonds is 1. The van der Waals surface area contributed by atoms with Gasteiger partial charge in [-0.25, -0.2) is 4.98 Å². The van der Waals surface area contributed by atoms with Gasteiger partial charge in [-0.1, -0.05) is 11.3 Å². The Labute approximate surface area is 60.4 Å². The van der Waals surface area contributed by atoms with Crippen LogP contribution in [0.5, 0.6) is 0 Å². The molecule has 2 rings (SSSR count). The average Bonchev–Trinajstić information content (AvgIpc) is 2.59. The molecule has 0 fully saturated rings. The van der Waals surface area contributed by atoms with E-state index in [2.05, 4.69) is 20.3 Å². The SMILES string of the molecule is c1ncn(-c2nncs2)n1. The van der Waals surface area contributed by atoms with Gasteiger partial charge < -0.3 is 0 Å². The van der Waals surface area contributed by atoms with Crippen LogP contribution in [0.2, 0.25) is 0 Å². The molecule has 10 heavy (non-hydrogen) atoms. The van der Waals surface area contributed by atoms with E-state index in [0.29, 0.717) is 0 Å². The van der Waals surface area contributed by atoms with Gasteiger partial charge in [0.25, 0.3) is 0 Å². The van der Waals surface area contributed by atoms with Gasteiger partial charge in [-0.2, -0.15) is 9.78 Å². The Kier molecular flexibility index (Phi) is 1.17. The lowest BCUT2D eigenvalue weighted by Crippen LogP contribution is -1.92. The molecule has 2 heterocycles. The Morgan fingerprint density at radius 1 is 1.50 bits per heavy atom. The van der Waals surface area contributed by atoms with Crippen molar-refractivity contribution < 1.29 is 0 Å². The first kappa shape index (κ1) is 5.48. The van der Waals surface area contributed by atoms with Gasteiger partial charge >= 0.3 is 0 Å². The van der Waals surface area contributed by atoms with Gasteiger partial charge in [0.15, 0.2) is 0 Å². The third kappa shape index (κ3) is 0.781. The minimum atomic E-state index is 0.734. The summed E-state index contributed by atoms with van der Waals surface area (Å²) in [7, 11) is 0. The molecule has 0 amide bonds. The third-order valence-corrected chi connectivity index (χ3v) is 1.64. The molecule has 0 saturated carbocycles. The molecule has 0 aliphatic rings. The highest BCUT2D eigenvalue weighted by atomic mass is 32.1. The highest BCUT2D eigenvalue weighted by Crippen LogP contribution is 2.04. The highest BCUT2D eigenvalue weighted by molar-refractivity contribution is 7.11. The topological polar surface area (TPSA) is 56.5 Å². The molecule has 0 spiro atoms. The van der Waals surface area contributed by atoms with Crippen LogP contribution in [0.1, 0.15) is 0 Å². The van der Waals surface area contributed by atoms with Crippen molar-refractivity contribution in [3.63, 3.8) is 0 Å². The van der Waals surface area contributed by atoms with Gasteiger partial charge in [-0.05, 0) is 0 Å². The Balaban J connectivity index is 2.48. The summed E-state index contributed by atoms with van der Waals surface area (Å²) in [5.41, 5.74) is 1.65. The van der Waals surface area contributed by atoms with Crippen molar-refractivity contribution in [2.75, 3.05) is 0 Å². The first-order valence-electron chi connectivity index (χ1n) is 2.58. The molecule has 0 saturated heterocycles. The monoisotopic (exact) mass is 153 g/mol. The summed E-state index contributed by atoms with van der Waals surface area (Å²) in [6, 6.07) is 0. The molecule has 5 nitrogen and oxygen atoms in total. The van der Waals surface area contributed by atoms with Gasteiger partial charge in [-0.3, -0.25) is 0 Å². The number of aromatic nitrogens is 5. The van der Waals surface area contributed by atoms with Crippen molar-refractivity contribution in [3.05, 3.63) is 18.2 Å². The van der Waals surface area contributed by atoms with Crippen LogP contribution in [-0.2, 0) is 0 Å². The zero-order valence-corrected chi connectivity index (χ0v) is 5.69. The lowest BCUT2D eigenvalue weighted by molar-refractivity contribution is 0.845. The normalized spacial score (nSPS) is 10.0. The van der Waals surface area contributed by atoms with E-state index in [0.717, 1.165) is 5.13 Å². The molecular formula is C4H3N5S. The summed E-state index contributed by atoms with van der Waals surface area (Å²) in [5.74, 6) is 0. The lowest BCUT2D eigenvalue weighted by atomic mass is 11.1. The van der Waals surface area contributed by atoms with Crippen molar-refractivity contribution in [2.45, 2.75) is 0 Å². The maximum atomic E-state index is 3.87. The maximum absolute atomic E-state index is 3.87. The zero-order valence-electron chi connectivity index (χ0n) is 4.88. The maximum Gasteiger partial charge on any atom is 0.234 e. The second-order valence-corrected chi connectivity index (χ2v) is 2.37. The number of hydrogen-bond donors (Lipinski definition) is 0. The van der Waals surface area contributed by atoms with E-state index in [1.165, 1.54) is 17.7 Å². The molecule has 2 aromatic heterocycles. The predicted octanol–water partition coefficient (Wildman–Crippen LogP) is 0.119. The van der Waals surface area contributed by atoms with Crippen LogP contribution < -0.4 is 0 Å². The van der Waals surface area contributed by atoms with E-state index in [1.54, 1.807) is 16.5 Å². The van der Waals surface area contributed by atoms with Crippen LogP contribution in [0, 0.1) is 0 Å². The van der Waals surface area contributed by atoms with E-state index in [1.807, 2.05) is 0 Å². The van der Waals surface area contributed by atoms with Gasteiger partial charge in [0.1, 0.15) is 18.2 Å². The average molecular weight is 153 g/mol. The second-order valence-electron chi connectivity index (χ2n) is 1.56. The summed E-state index contributed by atoms with van der Waals surface area (Å²) < 4.78 is 1.57. The van der Waals surface area contributed by atoms with Gasteiger partial charge in [0.2, 0.25) is 5.13 Å². The van der Waals surface area contributed by atoms with E-state index < -0.39 is 0 Å². The van der Waals surface area contributed by atoms with Crippen molar-refractivity contribution in [2.24, 2.45) is 0 Å². The van der Waals surface area contributed by atoms with Crippen molar-refractivity contribution in [3.8, 4) is 5.13 Å². The molecule has 0 N–H and O–H groups in total. The fourth-order valence-corrected chi connectivity index (χ4v) is 1.06. The Hall–Kier alpha value is -1.30. The molecule has 6 heteroatoms. The van der Waals surface area contributed by atoms with Gasteiger partial charge in [0.05, 0.1) is 0 Å². The summed E-state index contributed by atoms with van der Waals surface area (Å²) in [6.45, 7) is 0. The minimum absolute atomic E-state index is 0.734. The van der Waals surface area contributed by atoms with E-state index in [4.69, 9.17) is 0 Å². The van der Waals surface area contributed by atoms with Crippen LogP contribution in [0.4, 0.5) is 0 Å². The quantitative estimate of drug-likeness (QED) is 0.583. The van der Waals surface area contributed by atoms with Crippen LogP contribution in [0.3, 0.4) is 0 Å². The van der Waals surface area contributed by atoms with E-state index >= 15 is 0 Å². The molecule has 50 valence electrons. The molecule has 0 unspecified atom stereocenters. The standard InChI is InChI=1S/C4H3N5S/c1-5-2-9(7-1)4-8-6-3-10-4/h1-3H. The lowest BCUT2D eigenvalue weighted by Gasteiger charge is -1.86. The first-order chi connectivity index (χ1) is 4.97. The second kappa shape index (κ2) is 2.14. The third-order valence-electron chi connectivity index (χ3n) is 0.963. The summed E-state index contributed by atoms with van der Waals surface area (Å²) in [5, 5.41) is 12.1. The molecule has 0 bridgehead atoms. The van der Waals surface area contributed by atoms with Crippen molar-refractivity contribution >= 4 is 11.3 Å². The predicted molar refractivity (Wildman–Crippen MR) is 34.8 cm³/mol. The molecule has 0 aliphatic heterocycles.